The molecule has 122 valence electrons. The Hall–Kier alpha value is -1.05. The van der Waals surface area contributed by atoms with Gasteiger partial charge in [-0.25, -0.2) is 0 Å². The summed E-state index contributed by atoms with van der Waals surface area (Å²) in [7, 11) is 0. The second-order valence-electron chi connectivity index (χ2n) is 7.55. The molecule has 3 rings (SSSR count). The van der Waals surface area contributed by atoms with E-state index in [2.05, 4.69) is 31.3 Å². The number of hydrogen-bond acceptors (Lipinski definition) is 2. The topological polar surface area (TPSA) is 24.9 Å². The monoisotopic (exact) mass is 300 g/mol. The van der Waals surface area contributed by atoms with Crippen LogP contribution in [0.2, 0.25) is 0 Å². The van der Waals surface area contributed by atoms with Crippen LogP contribution in [-0.2, 0) is 0 Å². The number of aryl methyl sites for hydroxylation is 1. The van der Waals surface area contributed by atoms with Crippen LogP contribution in [0.1, 0.15) is 88.4 Å². The van der Waals surface area contributed by atoms with Crippen molar-refractivity contribution in [2.75, 3.05) is 5.32 Å². The molecule has 2 aliphatic rings. The van der Waals surface area contributed by atoms with Crippen molar-refractivity contribution >= 4 is 5.69 Å². The minimum Gasteiger partial charge on any atom is -0.381 e. The highest BCUT2D eigenvalue weighted by molar-refractivity contribution is 5.51. The summed E-state index contributed by atoms with van der Waals surface area (Å²) in [5, 5.41) is 3.81. The van der Waals surface area contributed by atoms with Crippen molar-refractivity contribution in [2.45, 2.75) is 90.0 Å². The molecule has 1 heterocycles. The Labute approximate surface area is 136 Å². The van der Waals surface area contributed by atoms with Crippen molar-refractivity contribution in [3.63, 3.8) is 0 Å². The van der Waals surface area contributed by atoms with Crippen molar-refractivity contribution in [3.8, 4) is 0 Å². The fourth-order valence-electron chi connectivity index (χ4n) is 4.04. The summed E-state index contributed by atoms with van der Waals surface area (Å²) in [6.07, 6.45) is 13.8. The molecule has 2 saturated carbocycles. The molecule has 1 N–H and O–H groups in total. The van der Waals surface area contributed by atoms with E-state index in [1.165, 1.54) is 81.3 Å². The molecular formula is C20H32N2. The van der Waals surface area contributed by atoms with E-state index in [1.807, 2.05) is 0 Å². The van der Waals surface area contributed by atoms with E-state index in [0.717, 1.165) is 5.92 Å². The summed E-state index contributed by atoms with van der Waals surface area (Å²) in [6, 6.07) is 5.04. The zero-order valence-electron chi connectivity index (χ0n) is 14.4. The lowest BCUT2D eigenvalue weighted by Gasteiger charge is -2.33. The van der Waals surface area contributed by atoms with E-state index < -0.39 is 0 Å². The molecule has 0 saturated heterocycles. The van der Waals surface area contributed by atoms with Gasteiger partial charge in [0.1, 0.15) is 0 Å². The lowest BCUT2D eigenvalue weighted by atomic mass is 9.80. The first-order chi connectivity index (χ1) is 10.7. The van der Waals surface area contributed by atoms with Crippen LogP contribution in [0, 0.1) is 12.8 Å². The second-order valence-corrected chi connectivity index (χ2v) is 7.55. The van der Waals surface area contributed by atoms with Crippen molar-refractivity contribution < 1.29 is 0 Å². The van der Waals surface area contributed by atoms with Gasteiger partial charge in [-0.15, -0.1) is 0 Å². The SMILES string of the molecule is Cc1ccc(NC(C)C2CCC2)c(C2CCCCCCC2)n1. The van der Waals surface area contributed by atoms with Gasteiger partial charge in [0.2, 0.25) is 0 Å². The van der Waals surface area contributed by atoms with Crippen LogP contribution < -0.4 is 5.32 Å². The maximum Gasteiger partial charge on any atom is 0.0668 e. The Kier molecular flexibility index (Phi) is 5.38. The molecule has 0 spiro atoms. The number of hydrogen-bond donors (Lipinski definition) is 1. The summed E-state index contributed by atoms with van der Waals surface area (Å²) >= 11 is 0. The Morgan fingerprint density at radius 2 is 1.64 bits per heavy atom. The van der Waals surface area contributed by atoms with Gasteiger partial charge in [-0.2, -0.15) is 0 Å². The third-order valence-electron chi connectivity index (χ3n) is 5.80. The van der Waals surface area contributed by atoms with Gasteiger partial charge in [0.25, 0.3) is 0 Å². The van der Waals surface area contributed by atoms with E-state index in [-0.39, 0.29) is 0 Å². The molecule has 0 aliphatic heterocycles. The highest BCUT2D eigenvalue weighted by atomic mass is 14.9. The van der Waals surface area contributed by atoms with Crippen LogP contribution in [0.3, 0.4) is 0 Å². The number of anilines is 1. The van der Waals surface area contributed by atoms with E-state index in [4.69, 9.17) is 4.98 Å². The number of pyridine rings is 1. The summed E-state index contributed by atoms with van der Waals surface area (Å²) in [5.41, 5.74) is 3.84. The van der Waals surface area contributed by atoms with Gasteiger partial charge in [0, 0.05) is 17.7 Å². The van der Waals surface area contributed by atoms with Gasteiger partial charge in [-0.05, 0) is 57.6 Å². The molecule has 2 aliphatic carbocycles. The lowest BCUT2D eigenvalue weighted by molar-refractivity contribution is 0.285. The summed E-state index contributed by atoms with van der Waals surface area (Å²) in [4.78, 5) is 4.96. The molecule has 1 unspecified atom stereocenters. The number of aromatic nitrogens is 1. The molecule has 1 aromatic rings. The van der Waals surface area contributed by atoms with Crippen LogP contribution in [-0.4, -0.2) is 11.0 Å². The zero-order chi connectivity index (χ0) is 15.4. The Bertz CT molecular complexity index is 471. The average molecular weight is 300 g/mol. The van der Waals surface area contributed by atoms with Gasteiger partial charge in [-0.3, -0.25) is 4.98 Å². The summed E-state index contributed by atoms with van der Waals surface area (Å²) in [5.74, 6) is 1.53. The Morgan fingerprint density at radius 1 is 0.955 bits per heavy atom. The molecule has 2 fully saturated rings. The van der Waals surface area contributed by atoms with Crippen LogP contribution in [0.5, 0.6) is 0 Å². The van der Waals surface area contributed by atoms with E-state index >= 15 is 0 Å². The third kappa shape index (κ3) is 3.83. The molecule has 0 aromatic carbocycles. The van der Waals surface area contributed by atoms with Crippen molar-refractivity contribution in [3.05, 3.63) is 23.5 Å². The minimum atomic E-state index is 0.588. The van der Waals surface area contributed by atoms with E-state index in [0.29, 0.717) is 12.0 Å². The molecule has 22 heavy (non-hydrogen) atoms. The maximum atomic E-state index is 4.96. The fraction of sp³-hybridized carbons (Fsp3) is 0.750. The molecule has 0 bridgehead atoms. The lowest BCUT2D eigenvalue weighted by Crippen LogP contribution is -2.31. The van der Waals surface area contributed by atoms with Crippen LogP contribution in [0.15, 0.2) is 12.1 Å². The molecule has 0 radical (unpaired) electrons. The predicted octanol–water partition coefficient (Wildman–Crippen LogP) is 5.82. The van der Waals surface area contributed by atoms with Gasteiger partial charge in [0.05, 0.1) is 11.4 Å². The van der Waals surface area contributed by atoms with Crippen molar-refractivity contribution in [1.82, 2.24) is 4.98 Å². The molecular weight excluding hydrogens is 268 g/mol. The second kappa shape index (κ2) is 7.48. The largest absolute Gasteiger partial charge is 0.381 e. The highest BCUT2D eigenvalue weighted by Gasteiger charge is 2.25. The molecule has 1 aromatic heterocycles. The number of nitrogens with one attached hydrogen (secondary N) is 1. The fourth-order valence-corrected chi connectivity index (χ4v) is 4.04. The standard InChI is InChI=1S/C20H32N2/c1-15-13-14-19(22-16(2)17-11-8-12-17)20(21-15)18-9-6-4-3-5-7-10-18/h13-14,16-18,22H,3-12H2,1-2H3. The minimum absolute atomic E-state index is 0.588. The predicted molar refractivity (Wildman–Crippen MR) is 94.5 cm³/mol. The van der Waals surface area contributed by atoms with E-state index in [1.54, 1.807) is 0 Å². The third-order valence-corrected chi connectivity index (χ3v) is 5.80. The average Bonchev–Trinajstić information content (AvgIpc) is 2.39. The van der Waals surface area contributed by atoms with E-state index in [9.17, 15) is 0 Å². The zero-order valence-corrected chi connectivity index (χ0v) is 14.4. The number of nitrogens with zero attached hydrogens (tertiary/aromatic N) is 1. The summed E-state index contributed by atoms with van der Waals surface area (Å²) in [6.45, 7) is 4.48. The van der Waals surface area contributed by atoms with Crippen molar-refractivity contribution in [1.29, 1.82) is 0 Å². The first kappa shape index (κ1) is 15.8. The van der Waals surface area contributed by atoms with Crippen LogP contribution >= 0.6 is 0 Å². The van der Waals surface area contributed by atoms with Crippen molar-refractivity contribution in [2.24, 2.45) is 5.92 Å². The highest BCUT2D eigenvalue weighted by Crippen LogP contribution is 2.36. The first-order valence-electron chi connectivity index (χ1n) is 9.48. The first-order valence-corrected chi connectivity index (χ1v) is 9.48. The van der Waals surface area contributed by atoms with Crippen LogP contribution in [0.4, 0.5) is 5.69 Å². The maximum absolute atomic E-state index is 4.96. The molecule has 2 nitrogen and oxygen atoms in total. The summed E-state index contributed by atoms with van der Waals surface area (Å²) < 4.78 is 0. The normalized spacial score (nSPS) is 22.5. The van der Waals surface area contributed by atoms with Gasteiger partial charge in [-0.1, -0.05) is 38.5 Å². The van der Waals surface area contributed by atoms with Gasteiger partial charge >= 0.3 is 0 Å². The van der Waals surface area contributed by atoms with Crippen LogP contribution in [0.25, 0.3) is 0 Å². The quantitative estimate of drug-likeness (QED) is 0.758. The van der Waals surface area contributed by atoms with Gasteiger partial charge in [0.15, 0.2) is 0 Å². The Balaban J connectivity index is 1.76. The molecule has 0 amide bonds. The molecule has 2 heteroatoms. The smallest absolute Gasteiger partial charge is 0.0668 e. The Morgan fingerprint density at radius 3 is 2.27 bits per heavy atom. The molecule has 1 atom stereocenters. The van der Waals surface area contributed by atoms with Gasteiger partial charge < -0.3 is 5.32 Å². The number of rotatable bonds is 4.